The molecule has 116 valence electrons. The van der Waals surface area contributed by atoms with Gasteiger partial charge in [-0.05, 0) is 18.6 Å². The van der Waals surface area contributed by atoms with E-state index in [1.807, 2.05) is 12.5 Å². The SMILES string of the molecule is CCCCCCCCC(Cn1ccnc1)SCCCC. The highest BCUT2D eigenvalue weighted by molar-refractivity contribution is 7.99. The van der Waals surface area contributed by atoms with E-state index in [4.69, 9.17) is 0 Å². The molecule has 0 bridgehead atoms. The maximum absolute atomic E-state index is 4.16. The van der Waals surface area contributed by atoms with Crippen molar-refractivity contribution < 1.29 is 0 Å². The van der Waals surface area contributed by atoms with Gasteiger partial charge in [-0.2, -0.15) is 11.8 Å². The van der Waals surface area contributed by atoms with Crippen LogP contribution in [-0.2, 0) is 6.54 Å². The van der Waals surface area contributed by atoms with Crippen molar-refractivity contribution in [3.63, 3.8) is 0 Å². The van der Waals surface area contributed by atoms with Crippen LogP contribution in [0.3, 0.4) is 0 Å². The highest BCUT2D eigenvalue weighted by Crippen LogP contribution is 2.21. The van der Waals surface area contributed by atoms with Crippen molar-refractivity contribution in [2.24, 2.45) is 0 Å². The first-order chi connectivity index (χ1) is 9.86. The molecule has 0 aliphatic rings. The minimum atomic E-state index is 0.766. The predicted octanol–water partition coefficient (Wildman–Crippen LogP) is 5.54. The Balaban J connectivity index is 2.19. The fraction of sp³-hybridized carbons (Fsp3) is 0.824. The Bertz CT molecular complexity index is 298. The third-order valence-electron chi connectivity index (χ3n) is 3.70. The smallest absolute Gasteiger partial charge is 0.0946 e. The summed E-state index contributed by atoms with van der Waals surface area (Å²) < 4.78 is 2.24. The number of unbranched alkanes of at least 4 members (excludes halogenated alkanes) is 6. The van der Waals surface area contributed by atoms with Crippen molar-refractivity contribution in [1.29, 1.82) is 0 Å². The molecule has 0 saturated heterocycles. The molecule has 1 atom stereocenters. The van der Waals surface area contributed by atoms with Crippen LogP contribution in [0.15, 0.2) is 18.7 Å². The van der Waals surface area contributed by atoms with E-state index in [0.29, 0.717) is 0 Å². The van der Waals surface area contributed by atoms with Crippen LogP contribution < -0.4 is 0 Å². The lowest BCUT2D eigenvalue weighted by molar-refractivity contribution is 0.552. The first-order valence-corrected chi connectivity index (χ1v) is 9.49. The van der Waals surface area contributed by atoms with Crippen molar-refractivity contribution in [2.45, 2.75) is 83.4 Å². The van der Waals surface area contributed by atoms with Crippen LogP contribution >= 0.6 is 11.8 Å². The number of hydrogen-bond acceptors (Lipinski definition) is 2. The zero-order valence-corrected chi connectivity index (χ0v) is 14.2. The molecule has 0 saturated carbocycles. The van der Waals surface area contributed by atoms with Gasteiger partial charge in [-0.25, -0.2) is 4.98 Å². The minimum Gasteiger partial charge on any atom is -0.336 e. The van der Waals surface area contributed by atoms with Crippen LogP contribution in [0.5, 0.6) is 0 Å². The molecule has 1 aromatic heterocycles. The predicted molar refractivity (Wildman–Crippen MR) is 91.4 cm³/mol. The third kappa shape index (κ3) is 8.68. The lowest BCUT2D eigenvalue weighted by Crippen LogP contribution is -2.12. The maximum Gasteiger partial charge on any atom is 0.0946 e. The molecule has 1 aromatic rings. The van der Waals surface area contributed by atoms with Gasteiger partial charge >= 0.3 is 0 Å². The lowest BCUT2D eigenvalue weighted by Gasteiger charge is -2.17. The molecule has 1 unspecified atom stereocenters. The molecule has 0 spiro atoms. The second kappa shape index (κ2) is 12.3. The van der Waals surface area contributed by atoms with Gasteiger partial charge in [0, 0.05) is 24.2 Å². The Morgan fingerprint density at radius 3 is 2.45 bits per heavy atom. The van der Waals surface area contributed by atoms with E-state index in [1.165, 1.54) is 63.5 Å². The molecule has 1 heterocycles. The zero-order chi connectivity index (χ0) is 14.5. The van der Waals surface area contributed by atoms with Crippen molar-refractivity contribution in [1.82, 2.24) is 9.55 Å². The summed E-state index contributed by atoms with van der Waals surface area (Å²) in [7, 11) is 0. The minimum absolute atomic E-state index is 0.766. The average molecular weight is 297 g/mol. The largest absolute Gasteiger partial charge is 0.336 e. The van der Waals surface area contributed by atoms with Gasteiger partial charge in [0.1, 0.15) is 0 Å². The van der Waals surface area contributed by atoms with Gasteiger partial charge in [-0.3, -0.25) is 0 Å². The van der Waals surface area contributed by atoms with E-state index in [2.05, 4.69) is 41.4 Å². The van der Waals surface area contributed by atoms with Crippen molar-refractivity contribution in [2.75, 3.05) is 5.75 Å². The van der Waals surface area contributed by atoms with E-state index in [9.17, 15) is 0 Å². The fourth-order valence-corrected chi connectivity index (χ4v) is 3.80. The lowest BCUT2D eigenvalue weighted by atomic mass is 10.1. The summed E-state index contributed by atoms with van der Waals surface area (Å²) in [5.41, 5.74) is 0. The highest BCUT2D eigenvalue weighted by Gasteiger charge is 2.09. The van der Waals surface area contributed by atoms with Crippen LogP contribution in [0.4, 0.5) is 0 Å². The summed E-state index contributed by atoms with van der Waals surface area (Å²) in [6.07, 6.45) is 18.3. The Hall–Kier alpha value is -0.440. The van der Waals surface area contributed by atoms with Gasteiger partial charge in [0.15, 0.2) is 0 Å². The summed E-state index contributed by atoms with van der Waals surface area (Å²) in [5, 5.41) is 0.766. The van der Waals surface area contributed by atoms with Gasteiger partial charge in [0.2, 0.25) is 0 Å². The van der Waals surface area contributed by atoms with Crippen molar-refractivity contribution in [3.05, 3.63) is 18.7 Å². The quantitative estimate of drug-likeness (QED) is 0.445. The summed E-state index contributed by atoms with van der Waals surface area (Å²) in [6.45, 7) is 5.69. The van der Waals surface area contributed by atoms with Crippen LogP contribution in [0.25, 0.3) is 0 Å². The summed E-state index contributed by atoms with van der Waals surface area (Å²) in [5.74, 6) is 1.31. The second-order valence-corrected chi connectivity index (χ2v) is 7.07. The molecule has 0 aliphatic heterocycles. The first-order valence-electron chi connectivity index (χ1n) is 8.44. The molecular weight excluding hydrogens is 264 g/mol. The standard InChI is InChI=1S/C17H32N2S/c1-3-5-7-8-9-10-11-17(20-14-6-4-2)15-19-13-12-18-16-19/h12-13,16-17H,3-11,14-15H2,1-2H3. The summed E-state index contributed by atoms with van der Waals surface area (Å²) >= 11 is 2.16. The normalized spacial score (nSPS) is 12.7. The molecule has 0 N–H and O–H groups in total. The number of hydrogen-bond donors (Lipinski definition) is 0. The molecule has 0 aliphatic carbocycles. The van der Waals surface area contributed by atoms with Gasteiger partial charge in [-0.1, -0.05) is 58.8 Å². The van der Waals surface area contributed by atoms with Crippen LogP contribution in [-0.4, -0.2) is 20.6 Å². The molecule has 3 heteroatoms. The molecule has 0 fully saturated rings. The van der Waals surface area contributed by atoms with E-state index in [0.717, 1.165) is 11.8 Å². The Kier molecular flexibility index (Phi) is 10.8. The number of thioether (sulfide) groups is 1. The molecular formula is C17H32N2S. The van der Waals surface area contributed by atoms with E-state index >= 15 is 0 Å². The van der Waals surface area contributed by atoms with E-state index in [-0.39, 0.29) is 0 Å². The third-order valence-corrected chi connectivity index (χ3v) is 5.09. The van der Waals surface area contributed by atoms with Crippen molar-refractivity contribution in [3.8, 4) is 0 Å². The molecule has 1 rings (SSSR count). The second-order valence-electron chi connectivity index (χ2n) is 5.66. The maximum atomic E-state index is 4.16. The van der Waals surface area contributed by atoms with E-state index in [1.54, 1.807) is 0 Å². The average Bonchev–Trinajstić information content (AvgIpc) is 2.95. The van der Waals surface area contributed by atoms with Gasteiger partial charge < -0.3 is 4.57 Å². The molecule has 0 radical (unpaired) electrons. The Labute approximate surface area is 129 Å². The Morgan fingerprint density at radius 2 is 1.75 bits per heavy atom. The zero-order valence-electron chi connectivity index (χ0n) is 13.4. The molecule has 0 aromatic carbocycles. The fourth-order valence-electron chi connectivity index (χ4n) is 2.40. The first kappa shape index (κ1) is 17.6. The summed E-state index contributed by atoms with van der Waals surface area (Å²) in [6, 6.07) is 0. The number of nitrogens with zero attached hydrogens (tertiary/aromatic N) is 2. The van der Waals surface area contributed by atoms with Gasteiger partial charge in [0.25, 0.3) is 0 Å². The highest BCUT2D eigenvalue weighted by atomic mass is 32.2. The number of aromatic nitrogens is 2. The van der Waals surface area contributed by atoms with Crippen LogP contribution in [0.1, 0.15) is 71.6 Å². The van der Waals surface area contributed by atoms with Gasteiger partial charge in [0.05, 0.1) is 6.33 Å². The molecule has 20 heavy (non-hydrogen) atoms. The van der Waals surface area contributed by atoms with Crippen LogP contribution in [0.2, 0.25) is 0 Å². The topological polar surface area (TPSA) is 17.8 Å². The molecule has 2 nitrogen and oxygen atoms in total. The monoisotopic (exact) mass is 296 g/mol. The number of imidazole rings is 1. The molecule has 0 amide bonds. The number of rotatable bonds is 13. The van der Waals surface area contributed by atoms with Gasteiger partial charge in [-0.15, -0.1) is 0 Å². The van der Waals surface area contributed by atoms with Crippen LogP contribution in [0, 0.1) is 0 Å². The van der Waals surface area contributed by atoms with E-state index < -0.39 is 0 Å². The van der Waals surface area contributed by atoms with Crippen molar-refractivity contribution >= 4 is 11.8 Å². The Morgan fingerprint density at radius 1 is 1.00 bits per heavy atom. The summed E-state index contributed by atoms with van der Waals surface area (Å²) in [4.78, 5) is 4.16.